The number of fused-ring (bicyclic) bond motifs is 8. The summed E-state index contributed by atoms with van der Waals surface area (Å²) in [6.45, 7) is 0. The van der Waals surface area contributed by atoms with Crippen LogP contribution >= 0.6 is 11.3 Å². The number of furan rings is 1. The zero-order valence-corrected chi connectivity index (χ0v) is 26.4. The SMILES string of the molecule is c1ccc(-c2nc(-c3ccccc3)nc(-c3ccc(-c4cc5ccccc5c5c4sc4ccccc45)c4oc5ccccc5c34)n2)cc1. The third-order valence-corrected chi connectivity index (χ3v) is 10.3. The zero-order chi connectivity index (χ0) is 31.6. The number of aromatic nitrogens is 3. The standard InChI is InChI=1S/C43H25N3OS/c1-3-13-26(14-4-1)41-44-42(27-15-5-2-6-16-27)46-43(45-41)33-24-23-30(39-37(33)31-19-9-11-21-35(31)47-39)34-25-28-17-7-8-18-29(28)38-32-20-10-12-22-36(32)48-40(34)38/h1-25H. The molecule has 0 aliphatic rings. The Morgan fingerprint density at radius 2 is 1.02 bits per heavy atom. The second kappa shape index (κ2) is 10.7. The van der Waals surface area contributed by atoms with Crippen LogP contribution in [0.25, 0.3) is 98.2 Å². The van der Waals surface area contributed by atoms with Gasteiger partial charge in [0.1, 0.15) is 11.2 Å². The van der Waals surface area contributed by atoms with Crippen molar-refractivity contribution in [2.45, 2.75) is 0 Å². The van der Waals surface area contributed by atoms with Gasteiger partial charge in [-0.1, -0.05) is 121 Å². The van der Waals surface area contributed by atoms with E-state index in [1.54, 1.807) is 0 Å². The fourth-order valence-electron chi connectivity index (χ4n) is 6.93. The van der Waals surface area contributed by atoms with Crippen LogP contribution in [0, 0.1) is 0 Å². The summed E-state index contributed by atoms with van der Waals surface area (Å²) in [5, 5.41) is 7.05. The highest BCUT2D eigenvalue weighted by Gasteiger charge is 2.23. The summed E-state index contributed by atoms with van der Waals surface area (Å²) < 4.78 is 9.32. The molecule has 3 heterocycles. The third-order valence-electron chi connectivity index (χ3n) is 9.13. The van der Waals surface area contributed by atoms with E-state index in [0.717, 1.165) is 49.8 Å². The molecule has 5 heteroatoms. The zero-order valence-electron chi connectivity index (χ0n) is 25.6. The van der Waals surface area contributed by atoms with Gasteiger partial charge in [-0.15, -0.1) is 11.3 Å². The number of benzene rings is 7. The maximum atomic E-state index is 6.80. The first-order valence-electron chi connectivity index (χ1n) is 15.9. The molecule has 0 fully saturated rings. The first-order valence-corrected chi connectivity index (χ1v) is 16.8. The predicted molar refractivity (Wildman–Crippen MR) is 199 cm³/mol. The molecule has 0 radical (unpaired) electrons. The summed E-state index contributed by atoms with van der Waals surface area (Å²) in [5.74, 6) is 1.87. The van der Waals surface area contributed by atoms with Crippen LogP contribution < -0.4 is 0 Å². The number of hydrogen-bond donors (Lipinski definition) is 0. The molecule has 0 aliphatic heterocycles. The third kappa shape index (κ3) is 4.18. The predicted octanol–water partition coefficient (Wildman–Crippen LogP) is 12.0. The molecule has 48 heavy (non-hydrogen) atoms. The molecule has 0 aliphatic carbocycles. The molecule has 0 unspecified atom stereocenters. The molecule has 0 spiro atoms. The Bertz CT molecular complexity index is 2780. The van der Waals surface area contributed by atoms with E-state index < -0.39 is 0 Å². The summed E-state index contributed by atoms with van der Waals surface area (Å²) in [5.41, 5.74) is 6.64. The lowest BCUT2D eigenvalue weighted by Crippen LogP contribution is -2.00. The molecule has 224 valence electrons. The van der Waals surface area contributed by atoms with Crippen molar-refractivity contribution in [1.82, 2.24) is 15.0 Å². The van der Waals surface area contributed by atoms with Crippen LogP contribution in [0.4, 0.5) is 0 Å². The van der Waals surface area contributed by atoms with Gasteiger partial charge in [0.15, 0.2) is 17.5 Å². The van der Waals surface area contributed by atoms with Crippen molar-refractivity contribution < 1.29 is 4.42 Å². The Kier molecular flexibility index (Phi) is 6.01. The number of para-hydroxylation sites is 1. The quantitative estimate of drug-likeness (QED) is 0.194. The summed E-state index contributed by atoms with van der Waals surface area (Å²) in [6.07, 6.45) is 0. The smallest absolute Gasteiger partial charge is 0.164 e. The van der Waals surface area contributed by atoms with Crippen LogP contribution in [0.1, 0.15) is 0 Å². The molecule has 0 N–H and O–H groups in total. The minimum absolute atomic E-state index is 0.608. The van der Waals surface area contributed by atoms with Crippen LogP contribution in [-0.4, -0.2) is 15.0 Å². The van der Waals surface area contributed by atoms with E-state index in [1.807, 2.05) is 84.1 Å². The minimum Gasteiger partial charge on any atom is -0.455 e. The van der Waals surface area contributed by atoms with Gasteiger partial charge in [0.05, 0.1) is 0 Å². The molecular weight excluding hydrogens is 607 g/mol. The molecule has 10 aromatic rings. The van der Waals surface area contributed by atoms with E-state index in [1.165, 1.54) is 30.9 Å². The van der Waals surface area contributed by atoms with E-state index in [-0.39, 0.29) is 0 Å². The summed E-state index contributed by atoms with van der Waals surface area (Å²) >= 11 is 1.84. The molecule has 0 saturated heterocycles. The van der Waals surface area contributed by atoms with Gasteiger partial charge in [0, 0.05) is 58.8 Å². The maximum Gasteiger partial charge on any atom is 0.164 e. The van der Waals surface area contributed by atoms with Crippen molar-refractivity contribution in [2.24, 2.45) is 0 Å². The number of nitrogens with zero attached hydrogens (tertiary/aromatic N) is 3. The van der Waals surface area contributed by atoms with Crippen LogP contribution in [0.5, 0.6) is 0 Å². The van der Waals surface area contributed by atoms with E-state index in [4.69, 9.17) is 19.4 Å². The largest absolute Gasteiger partial charge is 0.455 e. The fraction of sp³-hybridized carbons (Fsp3) is 0. The lowest BCUT2D eigenvalue weighted by molar-refractivity contribution is 0.670. The molecule has 10 rings (SSSR count). The Hall–Kier alpha value is -6.17. The summed E-state index contributed by atoms with van der Waals surface area (Å²) in [6, 6.07) is 52.5. The topological polar surface area (TPSA) is 51.8 Å². The Balaban J connectivity index is 1.29. The number of rotatable bonds is 4. The molecule has 0 bridgehead atoms. The van der Waals surface area contributed by atoms with Gasteiger partial charge in [-0.3, -0.25) is 0 Å². The van der Waals surface area contributed by atoms with Gasteiger partial charge in [-0.25, -0.2) is 15.0 Å². The van der Waals surface area contributed by atoms with Crippen LogP contribution in [0.3, 0.4) is 0 Å². The normalized spacial score (nSPS) is 11.8. The maximum absolute atomic E-state index is 6.80. The van der Waals surface area contributed by atoms with Gasteiger partial charge in [0.2, 0.25) is 0 Å². The van der Waals surface area contributed by atoms with E-state index in [9.17, 15) is 0 Å². The van der Waals surface area contributed by atoms with Crippen LogP contribution in [-0.2, 0) is 0 Å². The highest BCUT2D eigenvalue weighted by Crippen LogP contribution is 2.48. The van der Waals surface area contributed by atoms with E-state index in [0.29, 0.717) is 17.5 Å². The van der Waals surface area contributed by atoms with Crippen molar-refractivity contribution in [3.63, 3.8) is 0 Å². The average Bonchev–Trinajstić information content (AvgIpc) is 3.75. The molecule has 0 saturated carbocycles. The fourth-order valence-corrected chi connectivity index (χ4v) is 8.18. The molecule has 0 amide bonds. The van der Waals surface area contributed by atoms with Gasteiger partial charge in [0.25, 0.3) is 0 Å². The highest BCUT2D eigenvalue weighted by molar-refractivity contribution is 7.26. The van der Waals surface area contributed by atoms with Crippen molar-refractivity contribution in [2.75, 3.05) is 0 Å². The van der Waals surface area contributed by atoms with E-state index in [2.05, 4.69) is 78.9 Å². The lowest BCUT2D eigenvalue weighted by atomic mass is 9.94. The Morgan fingerprint density at radius 1 is 0.438 bits per heavy atom. The van der Waals surface area contributed by atoms with Crippen molar-refractivity contribution in [3.05, 3.63) is 152 Å². The molecule has 4 nitrogen and oxygen atoms in total. The number of hydrogen-bond acceptors (Lipinski definition) is 5. The Labute approximate surface area is 279 Å². The highest BCUT2D eigenvalue weighted by atomic mass is 32.1. The van der Waals surface area contributed by atoms with Crippen LogP contribution in [0.2, 0.25) is 0 Å². The first kappa shape index (κ1) is 27.0. The molecule has 7 aromatic carbocycles. The van der Waals surface area contributed by atoms with Crippen LogP contribution in [0.15, 0.2) is 156 Å². The van der Waals surface area contributed by atoms with Crippen molar-refractivity contribution in [1.29, 1.82) is 0 Å². The summed E-state index contributed by atoms with van der Waals surface area (Å²) in [7, 11) is 0. The van der Waals surface area contributed by atoms with Gasteiger partial charge < -0.3 is 4.42 Å². The van der Waals surface area contributed by atoms with Gasteiger partial charge >= 0.3 is 0 Å². The summed E-state index contributed by atoms with van der Waals surface area (Å²) in [4.78, 5) is 15.1. The molecule has 0 atom stereocenters. The van der Waals surface area contributed by atoms with Crippen molar-refractivity contribution >= 4 is 64.2 Å². The van der Waals surface area contributed by atoms with Crippen molar-refractivity contribution in [3.8, 4) is 45.3 Å². The number of thiophene rings is 1. The van der Waals surface area contributed by atoms with E-state index >= 15 is 0 Å². The first-order chi connectivity index (χ1) is 23.8. The monoisotopic (exact) mass is 631 g/mol. The Morgan fingerprint density at radius 3 is 1.77 bits per heavy atom. The minimum atomic E-state index is 0.608. The second-order valence-corrected chi connectivity index (χ2v) is 13.0. The second-order valence-electron chi connectivity index (χ2n) is 11.9. The van der Waals surface area contributed by atoms with Gasteiger partial charge in [-0.2, -0.15) is 0 Å². The molecule has 3 aromatic heterocycles. The lowest BCUT2D eigenvalue weighted by Gasteiger charge is -2.12. The average molecular weight is 632 g/mol. The molecular formula is C43H25N3OS. The van der Waals surface area contributed by atoms with Gasteiger partial charge in [-0.05, 0) is 41.1 Å².